The number of nitrogens with zero attached hydrogens (tertiary/aromatic N) is 1. The van der Waals surface area contributed by atoms with Crippen molar-refractivity contribution in [1.29, 1.82) is 0 Å². The van der Waals surface area contributed by atoms with E-state index in [0.29, 0.717) is 0 Å². The average molecular weight is 255 g/mol. The molecule has 0 spiro atoms. The molecule has 1 aromatic rings. The number of hydrogen-bond donors (Lipinski definition) is 0. The van der Waals surface area contributed by atoms with Crippen LogP contribution in [0.25, 0.3) is 0 Å². The number of allylic oxidation sites excluding steroid dienone is 6. The first-order valence-corrected chi connectivity index (χ1v) is 7.03. The van der Waals surface area contributed by atoms with E-state index in [1.807, 2.05) is 12.4 Å². The van der Waals surface area contributed by atoms with Crippen molar-refractivity contribution in [2.24, 2.45) is 0 Å². The van der Waals surface area contributed by atoms with E-state index in [-0.39, 0.29) is 5.41 Å². The average Bonchev–Trinajstić information content (AvgIpc) is 2.48. The maximum absolute atomic E-state index is 4.15. The van der Waals surface area contributed by atoms with Crippen LogP contribution in [0.2, 0.25) is 0 Å². The lowest BCUT2D eigenvalue weighted by Crippen LogP contribution is -2.24. The van der Waals surface area contributed by atoms with E-state index in [4.69, 9.17) is 0 Å². The Balaban J connectivity index is 3.15. The number of pyridine rings is 1. The van der Waals surface area contributed by atoms with Crippen molar-refractivity contribution < 1.29 is 0 Å². The molecule has 1 aromatic heterocycles. The van der Waals surface area contributed by atoms with Gasteiger partial charge in [-0.1, -0.05) is 36.5 Å². The normalized spacial score (nSPS) is 13.0. The maximum atomic E-state index is 4.15. The van der Waals surface area contributed by atoms with Gasteiger partial charge in [0.1, 0.15) is 0 Å². The Bertz CT molecular complexity index is 390. The van der Waals surface area contributed by atoms with Gasteiger partial charge in [0.2, 0.25) is 0 Å². The second-order valence-corrected chi connectivity index (χ2v) is 4.84. The minimum Gasteiger partial charge on any atom is -0.265 e. The minimum atomic E-state index is 0.147. The van der Waals surface area contributed by atoms with E-state index in [9.17, 15) is 0 Å². The van der Waals surface area contributed by atoms with Crippen LogP contribution >= 0.6 is 0 Å². The van der Waals surface area contributed by atoms with Gasteiger partial charge < -0.3 is 0 Å². The summed E-state index contributed by atoms with van der Waals surface area (Å²) in [6.07, 6.45) is 20.2. The van der Waals surface area contributed by atoms with Gasteiger partial charge in [0.15, 0.2) is 0 Å². The highest BCUT2D eigenvalue weighted by Gasteiger charge is 2.28. The summed E-state index contributed by atoms with van der Waals surface area (Å²) in [5.41, 5.74) is 1.52. The highest BCUT2D eigenvalue weighted by molar-refractivity contribution is 5.27. The van der Waals surface area contributed by atoms with E-state index in [0.717, 1.165) is 19.3 Å². The molecule has 0 amide bonds. The lowest BCUT2D eigenvalue weighted by molar-refractivity contribution is 0.440. The molecule has 102 valence electrons. The summed E-state index contributed by atoms with van der Waals surface area (Å²) >= 11 is 0. The molecule has 0 saturated carbocycles. The first-order chi connectivity index (χ1) is 9.29. The van der Waals surface area contributed by atoms with E-state index in [1.165, 1.54) is 5.56 Å². The van der Waals surface area contributed by atoms with Crippen LogP contribution in [-0.2, 0) is 5.41 Å². The predicted octanol–water partition coefficient (Wildman–Crippen LogP) is 5.22. The third-order valence-corrected chi connectivity index (χ3v) is 3.53. The van der Waals surface area contributed by atoms with Gasteiger partial charge in [-0.2, -0.15) is 0 Å². The van der Waals surface area contributed by atoms with Crippen molar-refractivity contribution >= 4 is 0 Å². The minimum absolute atomic E-state index is 0.147. The van der Waals surface area contributed by atoms with Gasteiger partial charge in [0.25, 0.3) is 0 Å². The van der Waals surface area contributed by atoms with Crippen LogP contribution < -0.4 is 0 Å². The molecule has 0 aromatic carbocycles. The zero-order chi connectivity index (χ0) is 14.0. The maximum Gasteiger partial charge on any atom is 0.0270 e. The third kappa shape index (κ3) is 4.51. The van der Waals surface area contributed by atoms with E-state index >= 15 is 0 Å². The molecule has 1 rings (SSSR count). The molecule has 1 heterocycles. The predicted molar refractivity (Wildman–Crippen MR) is 84.2 cm³/mol. The molecular formula is C18H25N. The molecule has 0 atom stereocenters. The highest BCUT2D eigenvalue weighted by Crippen LogP contribution is 2.36. The van der Waals surface area contributed by atoms with E-state index in [2.05, 4.69) is 74.3 Å². The van der Waals surface area contributed by atoms with Crippen molar-refractivity contribution in [3.8, 4) is 0 Å². The summed E-state index contributed by atoms with van der Waals surface area (Å²) in [5, 5.41) is 0. The fourth-order valence-corrected chi connectivity index (χ4v) is 2.34. The SMILES string of the molecule is C/C=C/CC(C/C=C/C)(C/C=C/C)c1ccncc1. The first kappa shape index (κ1) is 15.4. The molecule has 0 aliphatic rings. The summed E-state index contributed by atoms with van der Waals surface area (Å²) in [6, 6.07) is 4.30. The van der Waals surface area contributed by atoms with E-state index in [1.54, 1.807) is 0 Å². The standard InChI is InChI=1S/C18H25N/c1-4-7-12-18(13-8-5-2,14-9-6-3)17-10-15-19-16-11-17/h4-11,15-16H,12-14H2,1-3H3/b7-4+,8-5+,9-6+. The van der Waals surface area contributed by atoms with Crippen molar-refractivity contribution in [3.63, 3.8) is 0 Å². The zero-order valence-corrected chi connectivity index (χ0v) is 12.3. The molecule has 0 N–H and O–H groups in total. The van der Waals surface area contributed by atoms with Crippen LogP contribution in [0.15, 0.2) is 61.0 Å². The lowest BCUT2D eigenvalue weighted by atomic mass is 9.72. The van der Waals surface area contributed by atoms with Gasteiger partial charge in [-0.05, 0) is 57.7 Å². The van der Waals surface area contributed by atoms with Gasteiger partial charge >= 0.3 is 0 Å². The summed E-state index contributed by atoms with van der Waals surface area (Å²) < 4.78 is 0. The summed E-state index contributed by atoms with van der Waals surface area (Å²) in [6.45, 7) is 6.26. The van der Waals surface area contributed by atoms with Gasteiger partial charge in [-0.25, -0.2) is 0 Å². The monoisotopic (exact) mass is 255 g/mol. The molecule has 0 aliphatic carbocycles. The Kier molecular flexibility index (Phi) is 6.88. The van der Waals surface area contributed by atoms with Crippen LogP contribution in [0.3, 0.4) is 0 Å². The molecular weight excluding hydrogens is 230 g/mol. The molecule has 0 bridgehead atoms. The molecule has 0 unspecified atom stereocenters. The molecule has 1 heteroatoms. The Hall–Kier alpha value is -1.63. The van der Waals surface area contributed by atoms with Crippen LogP contribution in [0.5, 0.6) is 0 Å². The van der Waals surface area contributed by atoms with Crippen molar-refractivity contribution in [2.75, 3.05) is 0 Å². The highest BCUT2D eigenvalue weighted by atomic mass is 14.6. The van der Waals surface area contributed by atoms with Crippen LogP contribution in [0, 0.1) is 0 Å². The molecule has 0 aliphatic heterocycles. The van der Waals surface area contributed by atoms with E-state index < -0.39 is 0 Å². The fourth-order valence-electron chi connectivity index (χ4n) is 2.34. The second-order valence-electron chi connectivity index (χ2n) is 4.84. The molecule has 0 saturated heterocycles. The topological polar surface area (TPSA) is 12.9 Å². The van der Waals surface area contributed by atoms with Crippen LogP contribution in [0.1, 0.15) is 45.6 Å². The Labute approximate surface area is 117 Å². The third-order valence-electron chi connectivity index (χ3n) is 3.53. The smallest absolute Gasteiger partial charge is 0.0270 e. The van der Waals surface area contributed by atoms with Crippen molar-refractivity contribution in [1.82, 2.24) is 4.98 Å². The van der Waals surface area contributed by atoms with Gasteiger partial charge in [-0.15, -0.1) is 0 Å². The van der Waals surface area contributed by atoms with Gasteiger partial charge in [0, 0.05) is 17.8 Å². The Morgan fingerprint density at radius 2 is 1.26 bits per heavy atom. The zero-order valence-electron chi connectivity index (χ0n) is 12.3. The van der Waals surface area contributed by atoms with Crippen molar-refractivity contribution in [2.45, 2.75) is 45.4 Å². The lowest BCUT2D eigenvalue weighted by Gasteiger charge is -2.32. The number of aromatic nitrogens is 1. The van der Waals surface area contributed by atoms with Crippen molar-refractivity contribution in [3.05, 3.63) is 66.5 Å². The number of rotatable bonds is 7. The van der Waals surface area contributed by atoms with Gasteiger partial charge in [0.05, 0.1) is 0 Å². The van der Waals surface area contributed by atoms with Gasteiger partial charge in [-0.3, -0.25) is 4.98 Å². The molecule has 19 heavy (non-hydrogen) atoms. The molecule has 0 fully saturated rings. The Morgan fingerprint density at radius 3 is 1.63 bits per heavy atom. The first-order valence-electron chi connectivity index (χ1n) is 7.03. The van der Waals surface area contributed by atoms with Crippen LogP contribution in [-0.4, -0.2) is 4.98 Å². The Morgan fingerprint density at radius 1 is 0.842 bits per heavy atom. The quantitative estimate of drug-likeness (QED) is 0.609. The largest absolute Gasteiger partial charge is 0.265 e. The second kappa shape index (κ2) is 8.47. The number of hydrogen-bond acceptors (Lipinski definition) is 1. The van der Waals surface area contributed by atoms with Crippen LogP contribution in [0.4, 0.5) is 0 Å². The summed E-state index contributed by atoms with van der Waals surface area (Å²) in [7, 11) is 0. The summed E-state index contributed by atoms with van der Waals surface area (Å²) in [4.78, 5) is 4.15. The fraction of sp³-hybridized carbons (Fsp3) is 0.389. The summed E-state index contributed by atoms with van der Waals surface area (Å²) in [5.74, 6) is 0. The molecule has 1 nitrogen and oxygen atoms in total. The molecule has 0 radical (unpaired) electrons.